The maximum atomic E-state index is 5.74. The molecular weight excluding hydrogens is 288 g/mol. The van der Waals surface area contributed by atoms with Crippen LogP contribution in [0.25, 0.3) is 0 Å². The second kappa shape index (κ2) is 6.42. The molecule has 1 aromatic rings. The molecule has 4 atom stereocenters. The summed E-state index contributed by atoms with van der Waals surface area (Å²) < 4.78 is 11.2. The van der Waals surface area contributed by atoms with Crippen molar-refractivity contribution in [3.63, 3.8) is 0 Å². The Hall–Kier alpha value is -1.10. The van der Waals surface area contributed by atoms with Gasteiger partial charge in [-0.2, -0.15) is 0 Å². The highest BCUT2D eigenvalue weighted by molar-refractivity contribution is 5.32. The molecule has 0 radical (unpaired) electrons. The number of ether oxygens (including phenoxy) is 2. The lowest BCUT2D eigenvalue weighted by Crippen LogP contribution is -2.45. The molecule has 4 heteroatoms. The Morgan fingerprint density at radius 1 is 1.17 bits per heavy atom. The lowest BCUT2D eigenvalue weighted by molar-refractivity contribution is 0.108. The van der Waals surface area contributed by atoms with Crippen LogP contribution in [-0.4, -0.2) is 49.4 Å². The molecular formula is C19H28N2O2. The van der Waals surface area contributed by atoms with E-state index in [9.17, 15) is 0 Å². The van der Waals surface area contributed by atoms with E-state index in [1.165, 1.54) is 31.4 Å². The van der Waals surface area contributed by atoms with Crippen molar-refractivity contribution < 1.29 is 9.47 Å². The van der Waals surface area contributed by atoms with Gasteiger partial charge >= 0.3 is 0 Å². The van der Waals surface area contributed by atoms with Gasteiger partial charge in [-0.25, -0.2) is 0 Å². The first-order chi connectivity index (χ1) is 11.3. The summed E-state index contributed by atoms with van der Waals surface area (Å²) in [6, 6.07) is 10.9. The fraction of sp³-hybridized carbons (Fsp3) is 0.684. The smallest absolute Gasteiger partial charge is 0.119 e. The van der Waals surface area contributed by atoms with Crippen LogP contribution in [0, 0.1) is 0 Å². The quantitative estimate of drug-likeness (QED) is 0.906. The third-order valence-electron chi connectivity index (χ3n) is 5.69. The molecule has 3 fully saturated rings. The second-order valence-electron chi connectivity index (χ2n) is 7.22. The number of benzene rings is 1. The number of rotatable bonds is 5. The molecule has 1 saturated carbocycles. The Morgan fingerprint density at radius 3 is 2.74 bits per heavy atom. The monoisotopic (exact) mass is 316 g/mol. The van der Waals surface area contributed by atoms with E-state index in [0.717, 1.165) is 24.8 Å². The fourth-order valence-electron chi connectivity index (χ4n) is 4.28. The largest absolute Gasteiger partial charge is 0.497 e. The summed E-state index contributed by atoms with van der Waals surface area (Å²) in [6.07, 6.45) is 5.40. The minimum atomic E-state index is 0.330. The van der Waals surface area contributed by atoms with Gasteiger partial charge in [0.25, 0.3) is 0 Å². The minimum absolute atomic E-state index is 0.330. The van der Waals surface area contributed by atoms with Crippen LogP contribution in [-0.2, 0) is 4.74 Å². The highest BCUT2D eigenvalue weighted by atomic mass is 16.5. The maximum absolute atomic E-state index is 5.74. The average Bonchev–Trinajstić information content (AvgIpc) is 3.22. The van der Waals surface area contributed by atoms with Crippen LogP contribution < -0.4 is 10.1 Å². The van der Waals surface area contributed by atoms with E-state index in [1.807, 2.05) is 6.07 Å². The molecule has 3 aliphatic rings. The van der Waals surface area contributed by atoms with Crippen LogP contribution >= 0.6 is 0 Å². The zero-order chi connectivity index (χ0) is 15.8. The summed E-state index contributed by atoms with van der Waals surface area (Å²) in [5.41, 5.74) is 1.39. The number of hydrogen-bond acceptors (Lipinski definition) is 4. The van der Waals surface area contributed by atoms with Crippen molar-refractivity contribution in [1.82, 2.24) is 10.2 Å². The summed E-state index contributed by atoms with van der Waals surface area (Å²) in [7, 11) is 1.75. The standard InChI is InChI=1S/C19H28N2O2/c1-13-17(9-11-23-13)20-18-8-10-21(15-6-7-15)19(18)14-4-3-5-16(12-14)22-2/h3-5,12-13,15,17-20H,6-11H2,1-2H3. The summed E-state index contributed by atoms with van der Waals surface area (Å²) in [5, 5.41) is 3.92. The van der Waals surface area contributed by atoms with Gasteiger partial charge in [-0.15, -0.1) is 0 Å². The van der Waals surface area contributed by atoms with Crippen molar-refractivity contribution in [2.45, 2.75) is 62.9 Å². The number of nitrogens with one attached hydrogen (secondary N) is 1. The van der Waals surface area contributed by atoms with Crippen molar-refractivity contribution in [3.8, 4) is 5.75 Å². The van der Waals surface area contributed by atoms with Gasteiger partial charge in [0.2, 0.25) is 0 Å². The molecule has 23 heavy (non-hydrogen) atoms. The van der Waals surface area contributed by atoms with Crippen LogP contribution in [0.5, 0.6) is 5.75 Å². The van der Waals surface area contributed by atoms with Crippen LogP contribution in [0.3, 0.4) is 0 Å². The first kappa shape index (κ1) is 15.4. The molecule has 2 aliphatic heterocycles. The van der Waals surface area contributed by atoms with Crippen LogP contribution in [0.15, 0.2) is 24.3 Å². The Labute approximate surface area is 139 Å². The van der Waals surface area contributed by atoms with Gasteiger partial charge in [0.15, 0.2) is 0 Å². The van der Waals surface area contributed by atoms with E-state index >= 15 is 0 Å². The Morgan fingerprint density at radius 2 is 2.04 bits per heavy atom. The highest BCUT2D eigenvalue weighted by Crippen LogP contribution is 2.42. The second-order valence-corrected chi connectivity index (χ2v) is 7.22. The zero-order valence-corrected chi connectivity index (χ0v) is 14.2. The van der Waals surface area contributed by atoms with E-state index in [4.69, 9.17) is 9.47 Å². The SMILES string of the molecule is COc1cccc(C2C(NC3CCOC3C)CCN2C2CC2)c1. The molecule has 1 N–H and O–H groups in total. The van der Waals surface area contributed by atoms with Gasteiger partial charge in [0.1, 0.15) is 5.75 Å². The minimum Gasteiger partial charge on any atom is -0.497 e. The maximum Gasteiger partial charge on any atom is 0.119 e. The van der Waals surface area contributed by atoms with E-state index in [-0.39, 0.29) is 0 Å². The van der Waals surface area contributed by atoms with E-state index in [2.05, 4.69) is 35.3 Å². The molecule has 0 aromatic heterocycles. The molecule has 0 amide bonds. The molecule has 4 rings (SSSR count). The summed E-state index contributed by atoms with van der Waals surface area (Å²) in [6.45, 7) is 4.28. The lowest BCUT2D eigenvalue weighted by Gasteiger charge is -2.31. The van der Waals surface area contributed by atoms with E-state index < -0.39 is 0 Å². The number of likely N-dealkylation sites (tertiary alicyclic amines) is 1. The Kier molecular flexibility index (Phi) is 4.31. The van der Waals surface area contributed by atoms with Gasteiger partial charge in [-0.1, -0.05) is 12.1 Å². The van der Waals surface area contributed by atoms with E-state index in [0.29, 0.717) is 24.2 Å². The number of methoxy groups -OCH3 is 1. The summed E-state index contributed by atoms with van der Waals surface area (Å²) in [4.78, 5) is 2.72. The zero-order valence-electron chi connectivity index (χ0n) is 14.2. The Balaban J connectivity index is 1.57. The highest BCUT2D eigenvalue weighted by Gasteiger charge is 2.44. The van der Waals surface area contributed by atoms with Gasteiger partial charge in [0, 0.05) is 31.3 Å². The van der Waals surface area contributed by atoms with Crippen molar-refractivity contribution in [2.24, 2.45) is 0 Å². The van der Waals surface area contributed by atoms with Crippen LogP contribution in [0.4, 0.5) is 0 Å². The molecule has 2 saturated heterocycles. The van der Waals surface area contributed by atoms with Crippen LogP contribution in [0.2, 0.25) is 0 Å². The topological polar surface area (TPSA) is 33.7 Å². The number of nitrogens with zero attached hydrogens (tertiary/aromatic N) is 1. The Bertz CT molecular complexity index is 546. The molecule has 4 unspecified atom stereocenters. The summed E-state index contributed by atoms with van der Waals surface area (Å²) >= 11 is 0. The fourth-order valence-corrected chi connectivity index (χ4v) is 4.28. The third kappa shape index (κ3) is 3.12. The first-order valence-corrected chi connectivity index (χ1v) is 9.03. The number of hydrogen-bond donors (Lipinski definition) is 1. The van der Waals surface area contributed by atoms with E-state index in [1.54, 1.807) is 7.11 Å². The van der Waals surface area contributed by atoms with Gasteiger partial charge < -0.3 is 14.8 Å². The normalized spacial score (nSPS) is 34.9. The first-order valence-electron chi connectivity index (χ1n) is 9.03. The van der Waals surface area contributed by atoms with Crippen molar-refractivity contribution in [2.75, 3.05) is 20.3 Å². The molecule has 1 aliphatic carbocycles. The van der Waals surface area contributed by atoms with Gasteiger partial charge in [-0.3, -0.25) is 4.90 Å². The molecule has 2 heterocycles. The predicted octanol–water partition coefficient (Wildman–Crippen LogP) is 2.74. The molecule has 126 valence electrons. The molecule has 0 spiro atoms. The molecule has 4 nitrogen and oxygen atoms in total. The van der Waals surface area contributed by atoms with Crippen molar-refractivity contribution >= 4 is 0 Å². The average molecular weight is 316 g/mol. The van der Waals surface area contributed by atoms with Gasteiger partial charge in [0.05, 0.1) is 19.3 Å². The molecule has 0 bridgehead atoms. The third-order valence-corrected chi connectivity index (χ3v) is 5.69. The predicted molar refractivity (Wildman–Crippen MR) is 90.8 cm³/mol. The van der Waals surface area contributed by atoms with Crippen molar-refractivity contribution in [1.29, 1.82) is 0 Å². The molecule has 1 aromatic carbocycles. The summed E-state index contributed by atoms with van der Waals surface area (Å²) in [5.74, 6) is 0.960. The van der Waals surface area contributed by atoms with Crippen molar-refractivity contribution in [3.05, 3.63) is 29.8 Å². The lowest BCUT2D eigenvalue weighted by atomic mass is 9.98. The van der Waals surface area contributed by atoms with Crippen LogP contribution in [0.1, 0.15) is 44.2 Å². The van der Waals surface area contributed by atoms with Gasteiger partial charge in [-0.05, 0) is 50.3 Å².